The van der Waals surface area contributed by atoms with Crippen molar-refractivity contribution < 1.29 is 0 Å². The third-order valence-electron chi connectivity index (χ3n) is 4.79. The highest BCUT2D eigenvalue weighted by atomic mass is 14.9. The molecule has 0 aromatic heterocycles. The first-order valence-electron chi connectivity index (χ1n) is 8.53. The van der Waals surface area contributed by atoms with Crippen molar-refractivity contribution in [2.75, 3.05) is 6.54 Å². The van der Waals surface area contributed by atoms with Gasteiger partial charge in [-0.1, -0.05) is 64.3 Å². The molecule has 1 nitrogen and oxygen atoms in total. The van der Waals surface area contributed by atoms with Crippen molar-refractivity contribution in [1.29, 1.82) is 0 Å². The van der Waals surface area contributed by atoms with Gasteiger partial charge in [-0.2, -0.15) is 0 Å². The van der Waals surface area contributed by atoms with Gasteiger partial charge in [-0.3, -0.25) is 0 Å². The standard InChI is InChI=1S/C19H31N/c1-4-20-19(18-8-6-5-7-9-18)14-16-10-12-17(13-11-16)15(2)3/h10-13,15,18-20H,4-9,14H2,1-3H3. The van der Waals surface area contributed by atoms with Crippen molar-refractivity contribution in [3.63, 3.8) is 0 Å². The Kier molecular flexibility index (Phi) is 6.09. The van der Waals surface area contributed by atoms with Crippen molar-refractivity contribution in [2.24, 2.45) is 5.92 Å². The molecule has 2 rings (SSSR count). The van der Waals surface area contributed by atoms with Crippen LogP contribution < -0.4 is 5.32 Å². The van der Waals surface area contributed by atoms with Gasteiger partial charge in [-0.05, 0) is 48.8 Å². The molecule has 1 aliphatic carbocycles. The lowest BCUT2D eigenvalue weighted by Gasteiger charge is -2.31. The van der Waals surface area contributed by atoms with E-state index >= 15 is 0 Å². The van der Waals surface area contributed by atoms with Gasteiger partial charge < -0.3 is 5.32 Å². The molecular formula is C19H31N. The van der Waals surface area contributed by atoms with E-state index in [1.807, 2.05) is 0 Å². The molecule has 1 heteroatoms. The Balaban J connectivity index is 1.99. The molecule has 0 heterocycles. The van der Waals surface area contributed by atoms with E-state index in [4.69, 9.17) is 0 Å². The molecule has 1 unspecified atom stereocenters. The molecule has 1 aromatic rings. The fourth-order valence-corrected chi connectivity index (χ4v) is 3.50. The van der Waals surface area contributed by atoms with Crippen LogP contribution in [0.2, 0.25) is 0 Å². The third-order valence-corrected chi connectivity index (χ3v) is 4.79. The van der Waals surface area contributed by atoms with Crippen LogP contribution in [0.4, 0.5) is 0 Å². The Labute approximate surface area is 125 Å². The van der Waals surface area contributed by atoms with Gasteiger partial charge in [-0.15, -0.1) is 0 Å². The first kappa shape index (κ1) is 15.6. The average Bonchev–Trinajstić information content (AvgIpc) is 2.48. The van der Waals surface area contributed by atoms with Crippen molar-refractivity contribution in [3.8, 4) is 0 Å². The fourth-order valence-electron chi connectivity index (χ4n) is 3.50. The van der Waals surface area contributed by atoms with Crippen LogP contribution in [-0.4, -0.2) is 12.6 Å². The summed E-state index contributed by atoms with van der Waals surface area (Å²) in [5, 5.41) is 3.74. The normalized spacial score (nSPS) is 18.4. The monoisotopic (exact) mass is 273 g/mol. The second-order valence-electron chi connectivity index (χ2n) is 6.66. The van der Waals surface area contributed by atoms with E-state index in [0.29, 0.717) is 12.0 Å². The Morgan fingerprint density at radius 2 is 1.70 bits per heavy atom. The quantitative estimate of drug-likeness (QED) is 0.776. The summed E-state index contributed by atoms with van der Waals surface area (Å²) in [6.45, 7) is 7.85. The molecule has 0 amide bonds. The molecule has 1 aliphatic rings. The largest absolute Gasteiger partial charge is 0.314 e. The SMILES string of the molecule is CCNC(Cc1ccc(C(C)C)cc1)C1CCCCC1. The summed E-state index contributed by atoms with van der Waals surface area (Å²) in [4.78, 5) is 0. The van der Waals surface area contributed by atoms with Gasteiger partial charge in [0.1, 0.15) is 0 Å². The first-order valence-corrected chi connectivity index (χ1v) is 8.53. The maximum atomic E-state index is 3.74. The topological polar surface area (TPSA) is 12.0 Å². The molecule has 1 atom stereocenters. The minimum atomic E-state index is 0.631. The van der Waals surface area contributed by atoms with Crippen molar-refractivity contribution in [2.45, 2.75) is 71.3 Å². The second-order valence-corrected chi connectivity index (χ2v) is 6.66. The highest BCUT2D eigenvalue weighted by Gasteiger charge is 2.23. The van der Waals surface area contributed by atoms with Gasteiger partial charge in [0.15, 0.2) is 0 Å². The third kappa shape index (κ3) is 4.34. The molecule has 0 radical (unpaired) electrons. The van der Waals surface area contributed by atoms with Gasteiger partial charge in [-0.25, -0.2) is 0 Å². The molecule has 0 spiro atoms. The van der Waals surface area contributed by atoms with Crippen molar-refractivity contribution in [3.05, 3.63) is 35.4 Å². The molecular weight excluding hydrogens is 242 g/mol. The van der Waals surface area contributed by atoms with Crippen molar-refractivity contribution >= 4 is 0 Å². The summed E-state index contributed by atoms with van der Waals surface area (Å²) in [6, 6.07) is 9.96. The van der Waals surface area contributed by atoms with Crippen LogP contribution >= 0.6 is 0 Å². The first-order chi connectivity index (χ1) is 9.70. The van der Waals surface area contributed by atoms with Crippen LogP contribution in [0.1, 0.15) is 69.9 Å². The zero-order valence-corrected chi connectivity index (χ0v) is 13.5. The second kappa shape index (κ2) is 7.83. The van der Waals surface area contributed by atoms with Crippen LogP contribution in [0, 0.1) is 5.92 Å². The highest BCUT2D eigenvalue weighted by molar-refractivity contribution is 5.25. The van der Waals surface area contributed by atoms with Crippen LogP contribution in [0.3, 0.4) is 0 Å². The van der Waals surface area contributed by atoms with Gasteiger partial charge >= 0.3 is 0 Å². The number of hydrogen-bond donors (Lipinski definition) is 1. The van der Waals surface area contributed by atoms with Crippen LogP contribution in [0.5, 0.6) is 0 Å². The van der Waals surface area contributed by atoms with E-state index in [1.165, 1.54) is 49.7 Å². The maximum Gasteiger partial charge on any atom is 0.0136 e. The van der Waals surface area contributed by atoms with Gasteiger partial charge in [0.2, 0.25) is 0 Å². The Bertz CT molecular complexity index is 373. The molecule has 112 valence electrons. The number of benzene rings is 1. The van der Waals surface area contributed by atoms with Gasteiger partial charge in [0.25, 0.3) is 0 Å². The van der Waals surface area contributed by atoms with Crippen LogP contribution in [0.25, 0.3) is 0 Å². The van der Waals surface area contributed by atoms with E-state index in [9.17, 15) is 0 Å². The summed E-state index contributed by atoms with van der Waals surface area (Å²) >= 11 is 0. The van der Waals surface area contributed by atoms with Gasteiger partial charge in [0, 0.05) is 6.04 Å². The summed E-state index contributed by atoms with van der Waals surface area (Å²) < 4.78 is 0. The Morgan fingerprint density at radius 3 is 2.25 bits per heavy atom. The van der Waals surface area contributed by atoms with E-state index in [-0.39, 0.29) is 0 Å². The molecule has 1 fully saturated rings. The number of likely N-dealkylation sites (N-methyl/N-ethyl adjacent to an activating group) is 1. The van der Waals surface area contributed by atoms with Crippen LogP contribution in [-0.2, 0) is 6.42 Å². The molecule has 1 saturated carbocycles. The number of nitrogens with one attached hydrogen (secondary N) is 1. The average molecular weight is 273 g/mol. The highest BCUT2D eigenvalue weighted by Crippen LogP contribution is 2.28. The molecule has 1 aromatic carbocycles. The minimum absolute atomic E-state index is 0.631. The summed E-state index contributed by atoms with van der Waals surface area (Å²) in [5.41, 5.74) is 2.94. The zero-order chi connectivity index (χ0) is 14.4. The smallest absolute Gasteiger partial charge is 0.0136 e. The van der Waals surface area contributed by atoms with E-state index in [0.717, 1.165) is 12.5 Å². The van der Waals surface area contributed by atoms with E-state index in [1.54, 1.807) is 0 Å². The molecule has 0 saturated heterocycles. The van der Waals surface area contributed by atoms with Gasteiger partial charge in [0.05, 0.1) is 0 Å². The fraction of sp³-hybridized carbons (Fsp3) is 0.684. The van der Waals surface area contributed by atoms with E-state index in [2.05, 4.69) is 50.4 Å². The van der Waals surface area contributed by atoms with Crippen LogP contribution in [0.15, 0.2) is 24.3 Å². The molecule has 0 bridgehead atoms. The molecule has 0 aliphatic heterocycles. The Morgan fingerprint density at radius 1 is 1.05 bits per heavy atom. The summed E-state index contributed by atoms with van der Waals surface area (Å²) in [6.07, 6.45) is 8.33. The van der Waals surface area contributed by atoms with Crippen molar-refractivity contribution in [1.82, 2.24) is 5.32 Å². The maximum absolute atomic E-state index is 3.74. The lowest BCUT2D eigenvalue weighted by molar-refractivity contribution is 0.269. The Hall–Kier alpha value is -0.820. The van der Waals surface area contributed by atoms with E-state index < -0.39 is 0 Å². The number of hydrogen-bond acceptors (Lipinski definition) is 1. The molecule has 1 N–H and O–H groups in total. The predicted octanol–water partition coefficient (Wildman–Crippen LogP) is 4.91. The molecule has 20 heavy (non-hydrogen) atoms. The number of rotatable bonds is 6. The summed E-state index contributed by atoms with van der Waals surface area (Å²) in [5.74, 6) is 1.51. The predicted molar refractivity (Wildman–Crippen MR) is 88.3 cm³/mol. The zero-order valence-electron chi connectivity index (χ0n) is 13.5. The lowest BCUT2D eigenvalue weighted by atomic mass is 9.81. The lowest BCUT2D eigenvalue weighted by Crippen LogP contribution is -2.38. The minimum Gasteiger partial charge on any atom is -0.314 e. The summed E-state index contributed by atoms with van der Waals surface area (Å²) in [7, 11) is 0.